The van der Waals surface area contributed by atoms with Gasteiger partial charge in [0, 0.05) is 56.3 Å². The van der Waals surface area contributed by atoms with Gasteiger partial charge < -0.3 is 9.80 Å². The van der Waals surface area contributed by atoms with E-state index in [2.05, 4.69) is 36.2 Å². The first-order valence-corrected chi connectivity index (χ1v) is 15.3. The van der Waals surface area contributed by atoms with Crippen LogP contribution >= 0.6 is 11.6 Å². The summed E-state index contributed by atoms with van der Waals surface area (Å²) in [5.74, 6) is -2.56. The summed E-state index contributed by atoms with van der Waals surface area (Å²) < 4.78 is 15.2. The molecule has 1 aliphatic carbocycles. The number of benzene rings is 2. The molecule has 1 unspecified atom stereocenters. The largest absolute Gasteiger partial charge is 0.336 e. The number of nitrogens with one attached hydrogen (secondary N) is 1. The number of rotatable bonds is 5. The highest BCUT2D eigenvalue weighted by molar-refractivity contribution is 6.30. The Hall–Kier alpha value is -3.56. The third-order valence-electron chi connectivity index (χ3n) is 9.27. The number of allylic oxidation sites excluding steroid dienone is 1. The summed E-state index contributed by atoms with van der Waals surface area (Å²) in [7, 11) is 0. The molecule has 10 heteroatoms. The molecule has 0 radical (unpaired) electrons. The fourth-order valence-electron chi connectivity index (χ4n) is 6.81. The minimum absolute atomic E-state index is 0.0220. The van der Waals surface area contributed by atoms with Crippen molar-refractivity contribution in [2.75, 3.05) is 32.7 Å². The van der Waals surface area contributed by atoms with Crippen LogP contribution in [0.5, 0.6) is 0 Å². The summed E-state index contributed by atoms with van der Waals surface area (Å²) in [6, 6.07) is 9.95. The third-order valence-corrected chi connectivity index (χ3v) is 9.52. The van der Waals surface area contributed by atoms with Crippen LogP contribution in [0.25, 0.3) is 5.57 Å². The highest BCUT2D eigenvalue weighted by Gasteiger charge is 2.41. The molecule has 0 bridgehead atoms. The van der Waals surface area contributed by atoms with Crippen molar-refractivity contribution in [2.45, 2.75) is 58.5 Å². The topological polar surface area (TPSA) is 90.0 Å². The number of piperidine rings is 1. The van der Waals surface area contributed by atoms with Gasteiger partial charge in [-0.25, -0.2) is 4.39 Å². The molecule has 4 amide bonds. The van der Waals surface area contributed by atoms with E-state index in [0.29, 0.717) is 31.7 Å². The van der Waals surface area contributed by atoms with Gasteiger partial charge in [-0.05, 0) is 72.1 Å². The van der Waals surface area contributed by atoms with Gasteiger partial charge in [-0.1, -0.05) is 43.2 Å². The maximum absolute atomic E-state index is 15.2. The highest BCUT2D eigenvalue weighted by atomic mass is 35.5. The predicted octanol–water partition coefficient (Wildman–Crippen LogP) is 4.66. The number of carbonyl (C=O) groups is 4. The first-order chi connectivity index (χ1) is 20.5. The van der Waals surface area contributed by atoms with Gasteiger partial charge in [-0.3, -0.25) is 29.4 Å². The molecule has 0 aromatic heterocycles. The summed E-state index contributed by atoms with van der Waals surface area (Å²) in [5, 5.41) is 2.97. The number of carbonyl (C=O) groups excluding carboxylic acids is 4. The lowest BCUT2D eigenvalue weighted by Crippen LogP contribution is -2.52. The molecule has 0 saturated carbocycles. The molecule has 3 aliphatic heterocycles. The lowest BCUT2D eigenvalue weighted by atomic mass is 9.72. The number of fused-ring (bicyclic) bond motifs is 1. The van der Waals surface area contributed by atoms with Crippen molar-refractivity contribution in [3.63, 3.8) is 0 Å². The monoisotopic (exact) mass is 606 g/mol. The number of piperazine rings is 1. The van der Waals surface area contributed by atoms with E-state index in [1.165, 1.54) is 21.6 Å². The molecule has 1 N–H and O–H groups in total. The van der Waals surface area contributed by atoms with Crippen molar-refractivity contribution in [3.05, 3.63) is 75.1 Å². The zero-order valence-electron chi connectivity index (χ0n) is 24.6. The van der Waals surface area contributed by atoms with Crippen molar-refractivity contribution in [1.29, 1.82) is 0 Å². The van der Waals surface area contributed by atoms with Gasteiger partial charge in [0.1, 0.15) is 11.9 Å². The van der Waals surface area contributed by atoms with Crippen molar-refractivity contribution in [2.24, 2.45) is 5.41 Å². The van der Waals surface area contributed by atoms with Gasteiger partial charge in [0.15, 0.2) is 0 Å². The molecule has 8 nitrogen and oxygen atoms in total. The quantitative estimate of drug-likeness (QED) is 0.500. The molecule has 3 heterocycles. The van der Waals surface area contributed by atoms with Crippen LogP contribution in [0.4, 0.5) is 4.39 Å². The first kappa shape index (κ1) is 29.5. The average Bonchev–Trinajstić information content (AvgIpc) is 3.30. The lowest BCUT2D eigenvalue weighted by molar-refractivity contribution is -0.136. The molecule has 0 spiro atoms. The smallest absolute Gasteiger partial charge is 0.258 e. The van der Waals surface area contributed by atoms with Crippen LogP contribution in [0.1, 0.15) is 77.8 Å². The first-order valence-electron chi connectivity index (χ1n) is 14.9. The summed E-state index contributed by atoms with van der Waals surface area (Å²) in [6.07, 6.45) is 3.48. The minimum Gasteiger partial charge on any atom is -0.336 e. The number of hydrogen-bond donors (Lipinski definition) is 1. The second kappa shape index (κ2) is 11.5. The Balaban J connectivity index is 1.12. The summed E-state index contributed by atoms with van der Waals surface area (Å²) >= 11 is 6.15. The van der Waals surface area contributed by atoms with Gasteiger partial charge in [-0.15, -0.1) is 0 Å². The molecule has 6 rings (SSSR count). The van der Waals surface area contributed by atoms with Crippen LogP contribution in [0.2, 0.25) is 5.02 Å². The number of halogens is 2. The average molecular weight is 607 g/mol. The Morgan fingerprint density at radius 3 is 2.47 bits per heavy atom. The van der Waals surface area contributed by atoms with Gasteiger partial charge in [0.2, 0.25) is 11.8 Å². The Bertz CT molecular complexity index is 1530. The second-order valence-electron chi connectivity index (χ2n) is 12.9. The van der Waals surface area contributed by atoms with Crippen LogP contribution < -0.4 is 5.32 Å². The molecule has 4 aliphatic rings. The van der Waals surface area contributed by atoms with E-state index >= 15 is 4.39 Å². The van der Waals surface area contributed by atoms with E-state index in [-0.39, 0.29) is 47.7 Å². The van der Waals surface area contributed by atoms with E-state index in [4.69, 9.17) is 11.6 Å². The molecular weight excluding hydrogens is 571 g/mol. The Kier molecular flexibility index (Phi) is 7.89. The highest BCUT2D eigenvalue weighted by Crippen LogP contribution is 2.43. The van der Waals surface area contributed by atoms with Crippen molar-refractivity contribution >= 4 is 40.8 Å². The van der Waals surface area contributed by atoms with Gasteiger partial charge in [-0.2, -0.15) is 0 Å². The zero-order chi connectivity index (χ0) is 30.5. The fourth-order valence-corrected chi connectivity index (χ4v) is 6.93. The predicted molar refractivity (Wildman–Crippen MR) is 161 cm³/mol. The summed E-state index contributed by atoms with van der Waals surface area (Å²) in [5.41, 5.74) is 4.76. The Morgan fingerprint density at radius 2 is 1.77 bits per heavy atom. The molecule has 2 fully saturated rings. The third kappa shape index (κ3) is 5.97. The molecular formula is C33H36ClFN4O4. The second-order valence-corrected chi connectivity index (χ2v) is 13.3. The number of nitrogens with zero attached hydrogens (tertiary/aromatic N) is 3. The number of hydrogen-bond acceptors (Lipinski definition) is 5. The van der Waals surface area contributed by atoms with Gasteiger partial charge >= 0.3 is 0 Å². The number of amides is 4. The normalized spacial score (nSPS) is 22.6. The molecule has 2 aromatic carbocycles. The van der Waals surface area contributed by atoms with Crippen LogP contribution in [0, 0.1) is 11.2 Å². The zero-order valence-corrected chi connectivity index (χ0v) is 25.3. The van der Waals surface area contributed by atoms with E-state index in [9.17, 15) is 19.2 Å². The molecule has 2 saturated heterocycles. The maximum atomic E-state index is 15.2. The summed E-state index contributed by atoms with van der Waals surface area (Å²) in [4.78, 5) is 55.8. The Morgan fingerprint density at radius 1 is 1.05 bits per heavy atom. The molecule has 1 atom stereocenters. The van der Waals surface area contributed by atoms with E-state index < -0.39 is 23.7 Å². The fraction of sp³-hybridized carbons (Fsp3) is 0.455. The maximum Gasteiger partial charge on any atom is 0.258 e. The lowest BCUT2D eigenvalue weighted by Gasteiger charge is -2.38. The molecule has 2 aromatic rings. The van der Waals surface area contributed by atoms with Crippen LogP contribution in [-0.2, 0) is 16.1 Å². The molecule has 43 heavy (non-hydrogen) atoms. The van der Waals surface area contributed by atoms with Crippen LogP contribution in [0.3, 0.4) is 0 Å². The van der Waals surface area contributed by atoms with Crippen LogP contribution in [-0.4, -0.2) is 77.1 Å². The van der Waals surface area contributed by atoms with Crippen molar-refractivity contribution < 1.29 is 23.6 Å². The Labute approximate surface area is 255 Å². The van der Waals surface area contributed by atoms with E-state index in [0.717, 1.165) is 36.9 Å². The van der Waals surface area contributed by atoms with E-state index in [1.807, 2.05) is 12.1 Å². The van der Waals surface area contributed by atoms with Crippen LogP contribution in [0.15, 0.2) is 42.0 Å². The van der Waals surface area contributed by atoms with Gasteiger partial charge in [0.05, 0.1) is 5.56 Å². The standard InChI is InChI=1S/C33H36ClFN4O4/c1-33(2)10-9-21(25(17-33)20-3-5-24(34)6-4-20)18-37-11-13-38(14-12-37)31(42)22-15-23-19-39(32(43)29(23)26(35)16-22)27-7-8-28(40)36-30(27)41/h3-6,15-16,27H,7-14,17-19H2,1-2H3,(H,36,40,41). The van der Waals surface area contributed by atoms with E-state index in [1.54, 1.807) is 11.0 Å². The van der Waals surface area contributed by atoms with Crippen molar-refractivity contribution in [1.82, 2.24) is 20.0 Å². The summed E-state index contributed by atoms with van der Waals surface area (Å²) in [6.45, 7) is 7.96. The minimum atomic E-state index is -0.838. The van der Waals surface area contributed by atoms with Crippen molar-refractivity contribution in [3.8, 4) is 0 Å². The SMILES string of the molecule is CC1(C)CCC(CN2CCN(C(=O)c3cc(F)c4c(c3)CN(C3CCC(=O)NC3=O)C4=O)CC2)=C(c2ccc(Cl)cc2)C1. The van der Waals surface area contributed by atoms with Gasteiger partial charge in [0.25, 0.3) is 11.8 Å². The molecule has 226 valence electrons. The number of imide groups is 1.